The van der Waals surface area contributed by atoms with Crippen molar-refractivity contribution in [2.75, 3.05) is 0 Å². The summed E-state index contributed by atoms with van der Waals surface area (Å²) >= 11 is 0. The molecule has 5 nitrogen and oxygen atoms in total. The second kappa shape index (κ2) is 12.8. The predicted molar refractivity (Wildman–Crippen MR) is 237 cm³/mol. The molecular weight excluding hydrogens is 711 g/mol. The molecule has 0 bridgehead atoms. The second-order valence-electron chi connectivity index (χ2n) is 14.8. The normalized spacial score (nSPS) is 11.8. The molecule has 3 aromatic heterocycles. The first-order chi connectivity index (χ1) is 28.7. The van der Waals surface area contributed by atoms with Gasteiger partial charge in [0.2, 0.25) is 0 Å². The Bertz CT molecular complexity index is 3580. The lowest BCUT2D eigenvalue weighted by molar-refractivity contribution is 0.669. The summed E-state index contributed by atoms with van der Waals surface area (Å²) in [6, 6.07) is 65.2. The van der Waals surface area contributed by atoms with Crippen LogP contribution in [0.25, 0.3) is 122 Å². The average molecular weight is 742 g/mol. The minimum absolute atomic E-state index is 0.546. The van der Waals surface area contributed by atoms with E-state index in [1.165, 1.54) is 10.8 Å². The van der Waals surface area contributed by atoms with Crippen molar-refractivity contribution in [1.29, 1.82) is 0 Å². The molecule has 58 heavy (non-hydrogen) atoms. The molecular formula is C53H31N3O2. The number of para-hydroxylation sites is 1. The highest BCUT2D eigenvalue weighted by molar-refractivity contribution is 6.16. The molecule has 0 N–H and O–H groups in total. The minimum atomic E-state index is 0.546. The van der Waals surface area contributed by atoms with Gasteiger partial charge in [0, 0.05) is 43.6 Å². The third kappa shape index (κ3) is 5.29. The number of aromatic nitrogens is 3. The molecule has 0 unspecified atom stereocenters. The molecule has 0 amide bonds. The number of rotatable bonds is 5. The Morgan fingerprint density at radius 1 is 0.293 bits per heavy atom. The zero-order valence-electron chi connectivity index (χ0n) is 31.1. The Hall–Kier alpha value is -7.89. The highest BCUT2D eigenvalue weighted by Crippen LogP contribution is 2.41. The lowest BCUT2D eigenvalue weighted by Crippen LogP contribution is -2.00. The Kier molecular flexibility index (Phi) is 7.16. The maximum Gasteiger partial charge on any atom is 0.164 e. The molecule has 3 heterocycles. The first-order valence-electron chi connectivity index (χ1n) is 19.4. The monoisotopic (exact) mass is 741 g/mol. The van der Waals surface area contributed by atoms with E-state index in [1.807, 2.05) is 18.2 Å². The van der Waals surface area contributed by atoms with E-state index in [0.717, 1.165) is 93.6 Å². The fourth-order valence-corrected chi connectivity index (χ4v) is 8.44. The van der Waals surface area contributed by atoms with E-state index < -0.39 is 0 Å². The Balaban J connectivity index is 1.09. The van der Waals surface area contributed by atoms with Crippen molar-refractivity contribution in [2.24, 2.45) is 0 Å². The second-order valence-corrected chi connectivity index (χ2v) is 14.8. The molecule has 9 aromatic carbocycles. The van der Waals surface area contributed by atoms with Gasteiger partial charge in [-0.2, -0.15) is 0 Å². The van der Waals surface area contributed by atoms with Gasteiger partial charge in [0.15, 0.2) is 17.5 Å². The summed E-state index contributed by atoms with van der Waals surface area (Å²) in [5.41, 5.74) is 10.2. The summed E-state index contributed by atoms with van der Waals surface area (Å²) in [5.74, 6) is 1.67. The topological polar surface area (TPSA) is 65.0 Å². The van der Waals surface area contributed by atoms with Crippen LogP contribution in [0.15, 0.2) is 197 Å². The molecule has 0 aliphatic rings. The van der Waals surface area contributed by atoms with Crippen LogP contribution in [0.4, 0.5) is 0 Å². The fourth-order valence-electron chi connectivity index (χ4n) is 8.44. The summed E-state index contributed by atoms with van der Waals surface area (Å²) in [5, 5.41) is 8.84. The lowest BCUT2D eigenvalue weighted by Gasteiger charge is -2.12. The molecule has 0 aliphatic heterocycles. The van der Waals surface area contributed by atoms with Gasteiger partial charge in [-0.25, -0.2) is 15.0 Å². The van der Waals surface area contributed by atoms with E-state index in [2.05, 4.69) is 170 Å². The van der Waals surface area contributed by atoms with Gasteiger partial charge in [-0.05, 0) is 86.9 Å². The minimum Gasteiger partial charge on any atom is -0.456 e. The van der Waals surface area contributed by atoms with Gasteiger partial charge < -0.3 is 8.83 Å². The highest BCUT2D eigenvalue weighted by Gasteiger charge is 2.20. The van der Waals surface area contributed by atoms with Crippen LogP contribution in [0.2, 0.25) is 0 Å². The van der Waals surface area contributed by atoms with Crippen molar-refractivity contribution in [1.82, 2.24) is 15.0 Å². The summed E-state index contributed by atoms with van der Waals surface area (Å²) in [6.07, 6.45) is 0. The SMILES string of the molecule is c1ccc(-c2cccc(-c3nc(-c4ccc5c(c4)oc4c6ccccc6ccc54)nc(-c4cc(-c5ccc6ccccc6c5)c5c(c4)oc4ccccc45)n3)c2)cc1. The van der Waals surface area contributed by atoms with Crippen LogP contribution < -0.4 is 0 Å². The lowest BCUT2D eigenvalue weighted by atomic mass is 9.95. The third-order valence-electron chi connectivity index (χ3n) is 11.3. The van der Waals surface area contributed by atoms with Crippen molar-refractivity contribution < 1.29 is 8.83 Å². The van der Waals surface area contributed by atoms with Gasteiger partial charge in [0.05, 0.1) is 0 Å². The van der Waals surface area contributed by atoms with E-state index in [1.54, 1.807) is 0 Å². The molecule has 12 aromatic rings. The van der Waals surface area contributed by atoms with E-state index >= 15 is 0 Å². The van der Waals surface area contributed by atoms with Gasteiger partial charge in [0.25, 0.3) is 0 Å². The Morgan fingerprint density at radius 2 is 0.914 bits per heavy atom. The quantitative estimate of drug-likeness (QED) is 0.176. The number of hydrogen-bond donors (Lipinski definition) is 0. The molecule has 0 fully saturated rings. The van der Waals surface area contributed by atoms with E-state index in [0.29, 0.717) is 17.5 Å². The van der Waals surface area contributed by atoms with Gasteiger partial charge in [-0.3, -0.25) is 0 Å². The Labute approximate surface area is 332 Å². The van der Waals surface area contributed by atoms with Crippen LogP contribution in [0.5, 0.6) is 0 Å². The van der Waals surface area contributed by atoms with Crippen LogP contribution >= 0.6 is 0 Å². The van der Waals surface area contributed by atoms with Crippen molar-refractivity contribution in [2.45, 2.75) is 0 Å². The zero-order valence-corrected chi connectivity index (χ0v) is 31.1. The molecule has 5 heteroatoms. The third-order valence-corrected chi connectivity index (χ3v) is 11.3. The smallest absolute Gasteiger partial charge is 0.164 e. The van der Waals surface area contributed by atoms with Crippen molar-refractivity contribution >= 4 is 65.4 Å². The van der Waals surface area contributed by atoms with Crippen molar-refractivity contribution in [3.8, 4) is 56.4 Å². The zero-order chi connectivity index (χ0) is 38.2. The van der Waals surface area contributed by atoms with Crippen LogP contribution in [0.3, 0.4) is 0 Å². The largest absolute Gasteiger partial charge is 0.456 e. The molecule has 270 valence electrons. The van der Waals surface area contributed by atoms with Gasteiger partial charge in [-0.15, -0.1) is 0 Å². The van der Waals surface area contributed by atoms with Crippen LogP contribution in [0, 0.1) is 0 Å². The van der Waals surface area contributed by atoms with E-state index in [4.69, 9.17) is 23.8 Å². The Morgan fingerprint density at radius 3 is 1.78 bits per heavy atom. The molecule has 0 radical (unpaired) electrons. The maximum atomic E-state index is 6.61. The number of furan rings is 2. The summed E-state index contributed by atoms with van der Waals surface area (Å²) in [4.78, 5) is 15.6. The molecule has 0 saturated heterocycles. The average Bonchev–Trinajstić information content (AvgIpc) is 3.87. The van der Waals surface area contributed by atoms with Crippen LogP contribution in [0.1, 0.15) is 0 Å². The predicted octanol–water partition coefficient (Wildman–Crippen LogP) is 14.3. The summed E-state index contributed by atoms with van der Waals surface area (Å²) in [7, 11) is 0. The highest BCUT2D eigenvalue weighted by atomic mass is 16.3. The van der Waals surface area contributed by atoms with Crippen molar-refractivity contribution in [3.05, 3.63) is 188 Å². The maximum absolute atomic E-state index is 6.61. The molecule has 0 aliphatic carbocycles. The standard InChI is InChI=1S/C53H31N3O2/c1-2-11-32(12-3-1)36-16-10-17-38(28-36)51-54-52(39-24-25-42-43-26-23-34-14-6-7-18-41(34)50(43)58-47(42)30-39)56-53(55-51)40-29-45(37-22-21-33-13-4-5-15-35(33)27-37)49-44-19-8-9-20-46(44)57-48(49)31-40/h1-31H. The molecule has 0 atom stereocenters. The van der Waals surface area contributed by atoms with Gasteiger partial charge in [0.1, 0.15) is 22.3 Å². The number of fused-ring (bicyclic) bond motifs is 9. The number of nitrogens with zero attached hydrogens (tertiary/aromatic N) is 3. The van der Waals surface area contributed by atoms with E-state index in [-0.39, 0.29) is 0 Å². The first kappa shape index (κ1) is 32.4. The number of hydrogen-bond acceptors (Lipinski definition) is 5. The molecule has 12 rings (SSSR count). The van der Waals surface area contributed by atoms with Crippen molar-refractivity contribution in [3.63, 3.8) is 0 Å². The molecule has 0 spiro atoms. The van der Waals surface area contributed by atoms with Gasteiger partial charge in [-0.1, -0.05) is 140 Å². The summed E-state index contributed by atoms with van der Waals surface area (Å²) < 4.78 is 13.2. The van der Waals surface area contributed by atoms with Crippen LogP contribution in [-0.4, -0.2) is 15.0 Å². The summed E-state index contributed by atoms with van der Waals surface area (Å²) in [6.45, 7) is 0. The number of benzene rings is 9. The van der Waals surface area contributed by atoms with Gasteiger partial charge >= 0.3 is 0 Å². The fraction of sp³-hybridized carbons (Fsp3) is 0. The van der Waals surface area contributed by atoms with E-state index in [9.17, 15) is 0 Å². The molecule has 0 saturated carbocycles. The van der Waals surface area contributed by atoms with Crippen LogP contribution in [-0.2, 0) is 0 Å². The first-order valence-corrected chi connectivity index (χ1v) is 19.4.